The summed E-state index contributed by atoms with van der Waals surface area (Å²) in [6.07, 6.45) is 1.61. The molecule has 29 heavy (non-hydrogen) atoms. The van der Waals surface area contributed by atoms with Crippen LogP contribution in [0.2, 0.25) is 5.02 Å². The van der Waals surface area contributed by atoms with Crippen LogP contribution in [0.5, 0.6) is 23.1 Å². The monoisotopic (exact) mass is 416 g/mol. The van der Waals surface area contributed by atoms with Gasteiger partial charge in [0.05, 0.1) is 12.1 Å². The van der Waals surface area contributed by atoms with E-state index in [1.165, 1.54) is 18.2 Å². The highest BCUT2D eigenvalue weighted by Crippen LogP contribution is 2.24. The van der Waals surface area contributed by atoms with Crippen molar-refractivity contribution in [2.45, 2.75) is 6.54 Å². The Hall–Kier alpha value is -3.32. The Kier molecular flexibility index (Phi) is 6.86. The molecular formula is C21H18ClFN2O4. The highest BCUT2D eigenvalue weighted by atomic mass is 35.5. The Balaban J connectivity index is 1.46. The fourth-order valence-electron chi connectivity index (χ4n) is 2.33. The number of nitrogens with zero attached hydrogens (tertiary/aromatic N) is 1. The molecule has 1 N–H and O–H groups in total. The van der Waals surface area contributed by atoms with Gasteiger partial charge < -0.3 is 19.5 Å². The number of carbonyl (C=O) groups is 1. The van der Waals surface area contributed by atoms with Crippen LogP contribution in [-0.2, 0) is 11.3 Å². The van der Waals surface area contributed by atoms with Gasteiger partial charge in [-0.2, -0.15) is 0 Å². The largest absolute Gasteiger partial charge is 0.497 e. The average Bonchev–Trinajstić information content (AvgIpc) is 2.74. The van der Waals surface area contributed by atoms with Gasteiger partial charge in [-0.05, 0) is 29.8 Å². The van der Waals surface area contributed by atoms with Crippen molar-refractivity contribution in [2.24, 2.45) is 0 Å². The van der Waals surface area contributed by atoms with Crippen LogP contribution in [0.1, 0.15) is 5.56 Å². The van der Waals surface area contributed by atoms with Gasteiger partial charge in [-0.25, -0.2) is 9.37 Å². The topological polar surface area (TPSA) is 69.7 Å². The molecular weight excluding hydrogens is 399 g/mol. The molecule has 0 aliphatic rings. The van der Waals surface area contributed by atoms with Crippen molar-refractivity contribution in [3.05, 3.63) is 77.2 Å². The third-order valence-corrected chi connectivity index (χ3v) is 4.10. The van der Waals surface area contributed by atoms with Crippen LogP contribution in [-0.4, -0.2) is 24.6 Å². The number of hydrogen-bond acceptors (Lipinski definition) is 5. The Labute approximate surface area is 172 Å². The number of hydrogen-bond donors (Lipinski definition) is 1. The van der Waals surface area contributed by atoms with Crippen LogP contribution < -0.4 is 19.5 Å². The molecule has 0 unspecified atom stereocenters. The van der Waals surface area contributed by atoms with E-state index >= 15 is 0 Å². The molecule has 3 rings (SSSR count). The maximum atomic E-state index is 13.1. The van der Waals surface area contributed by atoms with Gasteiger partial charge in [0.1, 0.15) is 23.1 Å². The number of rotatable bonds is 8. The van der Waals surface area contributed by atoms with E-state index in [1.807, 2.05) is 12.1 Å². The lowest BCUT2D eigenvalue weighted by molar-refractivity contribution is -0.123. The van der Waals surface area contributed by atoms with Crippen molar-refractivity contribution in [1.29, 1.82) is 0 Å². The van der Waals surface area contributed by atoms with Crippen molar-refractivity contribution >= 4 is 17.5 Å². The summed E-state index contributed by atoms with van der Waals surface area (Å²) in [5.74, 6) is 1.15. The van der Waals surface area contributed by atoms with Crippen LogP contribution in [0.3, 0.4) is 0 Å². The number of aromatic nitrogens is 1. The van der Waals surface area contributed by atoms with E-state index in [-0.39, 0.29) is 24.1 Å². The molecule has 2 aromatic carbocycles. The number of halogens is 2. The lowest BCUT2D eigenvalue weighted by Gasteiger charge is -2.09. The van der Waals surface area contributed by atoms with Gasteiger partial charge in [0.15, 0.2) is 6.61 Å². The van der Waals surface area contributed by atoms with Crippen LogP contribution in [0.4, 0.5) is 4.39 Å². The van der Waals surface area contributed by atoms with Gasteiger partial charge in [0.25, 0.3) is 5.91 Å². The average molecular weight is 417 g/mol. The molecule has 0 aliphatic carbocycles. The molecule has 1 heterocycles. The molecule has 0 atom stereocenters. The van der Waals surface area contributed by atoms with Gasteiger partial charge in [-0.1, -0.05) is 23.7 Å². The molecule has 0 bridgehead atoms. The maximum absolute atomic E-state index is 13.1. The van der Waals surface area contributed by atoms with Gasteiger partial charge in [0, 0.05) is 30.9 Å². The number of nitrogens with one attached hydrogen (secondary N) is 1. The number of carbonyl (C=O) groups excluding carboxylic acids is 1. The molecule has 0 radical (unpaired) electrons. The minimum atomic E-state index is -0.546. The van der Waals surface area contributed by atoms with Crippen molar-refractivity contribution in [2.75, 3.05) is 13.7 Å². The fourth-order valence-corrected chi connectivity index (χ4v) is 2.50. The molecule has 1 amide bonds. The first-order chi connectivity index (χ1) is 14.0. The summed E-state index contributed by atoms with van der Waals surface area (Å²) in [5, 5.41) is 2.65. The van der Waals surface area contributed by atoms with E-state index in [2.05, 4.69) is 10.3 Å². The van der Waals surface area contributed by atoms with Crippen LogP contribution in [0.25, 0.3) is 0 Å². The van der Waals surface area contributed by atoms with Crippen LogP contribution >= 0.6 is 11.6 Å². The second-order valence-corrected chi connectivity index (χ2v) is 6.33. The summed E-state index contributed by atoms with van der Waals surface area (Å²) in [7, 11) is 1.58. The minimum Gasteiger partial charge on any atom is -0.497 e. The minimum absolute atomic E-state index is 0.0646. The van der Waals surface area contributed by atoms with Crippen molar-refractivity contribution in [3.8, 4) is 23.1 Å². The number of methoxy groups -OCH3 is 1. The first-order valence-corrected chi connectivity index (χ1v) is 9.02. The van der Waals surface area contributed by atoms with Gasteiger partial charge in [-0.15, -0.1) is 0 Å². The second kappa shape index (κ2) is 9.75. The molecule has 6 nitrogen and oxygen atoms in total. The normalized spacial score (nSPS) is 10.3. The number of amides is 1. The summed E-state index contributed by atoms with van der Waals surface area (Å²) >= 11 is 5.67. The van der Waals surface area contributed by atoms with Crippen molar-refractivity contribution in [1.82, 2.24) is 10.3 Å². The molecule has 0 fully saturated rings. The first kappa shape index (κ1) is 20.4. The first-order valence-electron chi connectivity index (χ1n) is 8.65. The second-order valence-electron chi connectivity index (χ2n) is 5.93. The van der Waals surface area contributed by atoms with E-state index < -0.39 is 5.82 Å². The molecule has 0 spiro atoms. The van der Waals surface area contributed by atoms with Crippen molar-refractivity contribution < 1.29 is 23.4 Å². The van der Waals surface area contributed by atoms with Crippen molar-refractivity contribution in [3.63, 3.8) is 0 Å². The molecule has 0 aliphatic heterocycles. The van der Waals surface area contributed by atoms with E-state index in [0.29, 0.717) is 23.1 Å². The lowest BCUT2D eigenvalue weighted by Crippen LogP contribution is -2.28. The maximum Gasteiger partial charge on any atom is 0.258 e. The molecule has 1 aromatic heterocycles. The number of pyridine rings is 1. The van der Waals surface area contributed by atoms with Crippen LogP contribution in [0.15, 0.2) is 60.8 Å². The summed E-state index contributed by atoms with van der Waals surface area (Å²) in [6, 6.07) is 14.6. The fraction of sp³-hybridized carbons (Fsp3) is 0.143. The van der Waals surface area contributed by atoms with E-state index in [1.54, 1.807) is 37.6 Å². The SMILES string of the molecule is COc1cccc(Oc2ccc(CNC(=O)COc3ccc(F)c(Cl)c3)cn2)c1. The molecule has 0 saturated heterocycles. The third kappa shape index (κ3) is 6.08. The Morgan fingerprint density at radius 3 is 2.66 bits per heavy atom. The van der Waals surface area contributed by atoms with Gasteiger partial charge in [0.2, 0.25) is 5.88 Å². The predicted octanol–water partition coefficient (Wildman–Crippen LogP) is 4.37. The summed E-state index contributed by atoms with van der Waals surface area (Å²) < 4.78 is 29.2. The van der Waals surface area contributed by atoms with E-state index in [9.17, 15) is 9.18 Å². The van der Waals surface area contributed by atoms with Gasteiger partial charge >= 0.3 is 0 Å². The zero-order chi connectivity index (χ0) is 20.6. The number of ether oxygens (including phenoxy) is 3. The van der Waals surface area contributed by atoms with Crippen LogP contribution in [0, 0.1) is 5.82 Å². The quantitative estimate of drug-likeness (QED) is 0.590. The summed E-state index contributed by atoms with van der Waals surface area (Å²) in [6.45, 7) is 0.0607. The Bertz CT molecular complexity index is 983. The highest BCUT2D eigenvalue weighted by molar-refractivity contribution is 6.30. The highest BCUT2D eigenvalue weighted by Gasteiger charge is 2.06. The summed E-state index contributed by atoms with van der Waals surface area (Å²) in [5.41, 5.74) is 0.793. The Morgan fingerprint density at radius 1 is 1.10 bits per heavy atom. The molecule has 8 heteroatoms. The van der Waals surface area contributed by atoms with E-state index in [4.69, 9.17) is 25.8 Å². The molecule has 0 saturated carbocycles. The third-order valence-electron chi connectivity index (χ3n) is 3.81. The smallest absolute Gasteiger partial charge is 0.258 e. The Morgan fingerprint density at radius 2 is 1.93 bits per heavy atom. The predicted molar refractivity (Wildman–Crippen MR) is 106 cm³/mol. The van der Waals surface area contributed by atoms with E-state index in [0.717, 1.165) is 5.56 Å². The standard InChI is InChI=1S/C21H18ClFN2O4/c1-27-15-3-2-4-17(9-15)29-21-8-5-14(12-25-21)11-24-20(26)13-28-16-6-7-19(23)18(22)10-16/h2-10,12H,11,13H2,1H3,(H,24,26). The summed E-state index contributed by atoms with van der Waals surface area (Å²) in [4.78, 5) is 16.1. The molecule has 150 valence electrons. The zero-order valence-corrected chi connectivity index (χ0v) is 16.3. The number of benzene rings is 2. The lowest BCUT2D eigenvalue weighted by atomic mass is 10.3. The molecule has 3 aromatic rings. The van der Waals surface area contributed by atoms with Gasteiger partial charge in [-0.3, -0.25) is 4.79 Å². The zero-order valence-electron chi connectivity index (χ0n) is 15.5.